The molecule has 0 bridgehead atoms. The van der Waals surface area contributed by atoms with Crippen LogP contribution in [0.15, 0.2) is 30.3 Å². The van der Waals surface area contributed by atoms with Crippen LogP contribution in [0.25, 0.3) is 0 Å². The fourth-order valence-corrected chi connectivity index (χ4v) is 3.18. The fraction of sp³-hybridized carbons (Fsp3) is 0.714. The molecule has 0 aliphatic heterocycles. The third-order valence-electron chi connectivity index (χ3n) is 4.57. The van der Waals surface area contributed by atoms with Crippen LogP contribution in [0, 0.1) is 0 Å². The third-order valence-corrected chi connectivity index (χ3v) is 4.57. The summed E-state index contributed by atoms with van der Waals surface area (Å²) in [6.07, 6.45) is 14.2. The van der Waals surface area contributed by atoms with Crippen molar-refractivity contribution in [2.75, 3.05) is 20.6 Å². The maximum absolute atomic E-state index is 2.36. The van der Waals surface area contributed by atoms with Gasteiger partial charge in [0, 0.05) is 35.1 Å². The summed E-state index contributed by atoms with van der Waals surface area (Å²) in [4.78, 5) is 0. The van der Waals surface area contributed by atoms with Gasteiger partial charge >= 0.3 is 0 Å². The van der Waals surface area contributed by atoms with E-state index < -0.39 is 0 Å². The van der Waals surface area contributed by atoms with Crippen LogP contribution in [-0.2, 0) is 6.54 Å². The van der Waals surface area contributed by atoms with E-state index in [-0.39, 0.29) is 42.0 Å². The van der Waals surface area contributed by atoms with Crippen LogP contribution in [0.5, 0.6) is 0 Å². The SMILES string of the molecule is CCCCCCCCCCCC[N+](C)(C)Cc1ccccc1.[Cl-].[Na]. The zero-order chi connectivity index (χ0) is 16.1. The Morgan fingerprint density at radius 2 is 1.17 bits per heavy atom. The Morgan fingerprint density at radius 1 is 0.708 bits per heavy atom. The molecular weight excluding hydrogens is 325 g/mol. The van der Waals surface area contributed by atoms with Gasteiger partial charge in [-0.25, -0.2) is 0 Å². The number of benzene rings is 1. The molecule has 0 aliphatic rings. The first-order valence-corrected chi connectivity index (χ1v) is 9.50. The molecule has 0 spiro atoms. The molecule has 0 fully saturated rings. The van der Waals surface area contributed by atoms with Gasteiger partial charge in [0.25, 0.3) is 0 Å². The van der Waals surface area contributed by atoms with Gasteiger partial charge in [-0.15, -0.1) is 0 Å². The Morgan fingerprint density at radius 3 is 1.67 bits per heavy atom. The van der Waals surface area contributed by atoms with Crippen LogP contribution in [0.3, 0.4) is 0 Å². The van der Waals surface area contributed by atoms with E-state index in [1.54, 1.807) is 0 Å². The molecular formula is C21H38ClNNa. The van der Waals surface area contributed by atoms with Crippen molar-refractivity contribution in [3.63, 3.8) is 0 Å². The molecule has 24 heavy (non-hydrogen) atoms. The molecule has 0 amide bonds. The molecule has 1 nitrogen and oxygen atoms in total. The van der Waals surface area contributed by atoms with Crippen LogP contribution in [0.1, 0.15) is 76.7 Å². The molecule has 0 heterocycles. The third kappa shape index (κ3) is 14.8. The summed E-state index contributed by atoms with van der Waals surface area (Å²) in [6, 6.07) is 10.9. The minimum atomic E-state index is 0. The van der Waals surface area contributed by atoms with Crippen LogP contribution in [0.4, 0.5) is 0 Å². The molecule has 0 saturated heterocycles. The zero-order valence-corrected chi connectivity index (χ0v) is 19.5. The average molecular weight is 363 g/mol. The van der Waals surface area contributed by atoms with Crippen LogP contribution < -0.4 is 12.4 Å². The van der Waals surface area contributed by atoms with E-state index in [1.807, 2.05) is 0 Å². The smallest absolute Gasteiger partial charge is 0.104 e. The standard InChI is InChI=1S/C21H38N.ClH.Na/c1-4-5-6-7-8-9-10-11-12-16-19-22(2,3)20-21-17-14-13-15-18-21;;/h13-15,17-18H,4-12,16,19-20H2,1-3H3;1H;/q+1;;/p-1. The molecule has 1 radical (unpaired) electrons. The van der Waals surface area contributed by atoms with Gasteiger partial charge in [-0.05, 0) is 12.8 Å². The van der Waals surface area contributed by atoms with Crippen molar-refractivity contribution in [3.8, 4) is 0 Å². The van der Waals surface area contributed by atoms with E-state index in [1.165, 1.54) is 76.3 Å². The Hall–Kier alpha value is 0.470. The van der Waals surface area contributed by atoms with Crippen LogP contribution >= 0.6 is 0 Å². The summed E-state index contributed by atoms with van der Waals surface area (Å²) in [5, 5.41) is 0. The summed E-state index contributed by atoms with van der Waals surface area (Å²) in [7, 11) is 4.72. The summed E-state index contributed by atoms with van der Waals surface area (Å²) in [6.45, 7) is 4.74. The Bertz CT molecular complexity index is 367. The summed E-state index contributed by atoms with van der Waals surface area (Å²) >= 11 is 0. The van der Waals surface area contributed by atoms with Gasteiger partial charge in [0.2, 0.25) is 0 Å². The van der Waals surface area contributed by atoms with Crippen molar-refractivity contribution in [1.29, 1.82) is 0 Å². The molecule has 0 aromatic heterocycles. The van der Waals surface area contributed by atoms with E-state index in [2.05, 4.69) is 51.4 Å². The molecule has 0 N–H and O–H groups in total. The topological polar surface area (TPSA) is 0 Å². The largest absolute Gasteiger partial charge is 1.00 e. The summed E-state index contributed by atoms with van der Waals surface area (Å²) in [5.74, 6) is 0. The first-order valence-electron chi connectivity index (χ1n) is 9.50. The monoisotopic (exact) mass is 362 g/mol. The van der Waals surface area contributed by atoms with Crippen molar-refractivity contribution < 1.29 is 16.9 Å². The summed E-state index contributed by atoms with van der Waals surface area (Å²) in [5.41, 5.74) is 1.46. The molecule has 0 unspecified atom stereocenters. The van der Waals surface area contributed by atoms with Crippen molar-refractivity contribution in [2.24, 2.45) is 0 Å². The first kappa shape index (κ1) is 26.7. The second kappa shape index (κ2) is 16.9. The van der Waals surface area contributed by atoms with E-state index in [0.717, 1.165) is 11.0 Å². The van der Waals surface area contributed by atoms with Crippen molar-refractivity contribution in [2.45, 2.75) is 77.7 Å². The fourth-order valence-electron chi connectivity index (χ4n) is 3.18. The Kier molecular flexibility index (Phi) is 18.8. The zero-order valence-electron chi connectivity index (χ0n) is 16.7. The number of hydrogen-bond donors (Lipinski definition) is 0. The maximum atomic E-state index is 2.36. The minimum absolute atomic E-state index is 0. The number of halogens is 1. The molecule has 0 atom stereocenters. The maximum Gasteiger partial charge on any atom is 0.104 e. The van der Waals surface area contributed by atoms with Crippen molar-refractivity contribution in [3.05, 3.63) is 35.9 Å². The molecule has 135 valence electrons. The van der Waals surface area contributed by atoms with Gasteiger partial charge in [-0.1, -0.05) is 88.6 Å². The van der Waals surface area contributed by atoms with Crippen molar-refractivity contribution in [1.82, 2.24) is 0 Å². The van der Waals surface area contributed by atoms with E-state index in [0.29, 0.717) is 0 Å². The molecule has 3 heteroatoms. The normalized spacial score (nSPS) is 10.8. The summed E-state index contributed by atoms with van der Waals surface area (Å²) < 4.78 is 1.11. The number of unbranched alkanes of at least 4 members (excludes halogenated alkanes) is 9. The Balaban J connectivity index is 0. The second-order valence-corrected chi connectivity index (χ2v) is 7.49. The second-order valence-electron chi connectivity index (χ2n) is 7.49. The molecule has 0 saturated carbocycles. The number of rotatable bonds is 13. The molecule has 1 rings (SSSR count). The Labute approximate surface area is 179 Å². The van der Waals surface area contributed by atoms with Crippen LogP contribution in [0.2, 0.25) is 0 Å². The van der Waals surface area contributed by atoms with Crippen LogP contribution in [-0.4, -0.2) is 54.7 Å². The van der Waals surface area contributed by atoms with E-state index >= 15 is 0 Å². The van der Waals surface area contributed by atoms with Gasteiger partial charge in [-0.2, -0.15) is 0 Å². The molecule has 1 aromatic rings. The number of quaternary nitrogens is 1. The first-order chi connectivity index (χ1) is 10.6. The van der Waals surface area contributed by atoms with E-state index in [9.17, 15) is 0 Å². The predicted molar refractivity (Wildman–Crippen MR) is 105 cm³/mol. The van der Waals surface area contributed by atoms with Gasteiger partial charge in [-0.3, -0.25) is 0 Å². The predicted octanol–water partition coefficient (Wildman–Crippen LogP) is 2.81. The van der Waals surface area contributed by atoms with Gasteiger partial charge in [0.05, 0.1) is 20.6 Å². The van der Waals surface area contributed by atoms with Gasteiger partial charge in [0.15, 0.2) is 0 Å². The van der Waals surface area contributed by atoms with Crippen molar-refractivity contribution >= 4 is 29.6 Å². The average Bonchev–Trinajstić information content (AvgIpc) is 2.49. The number of hydrogen-bond acceptors (Lipinski definition) is 0. The van der Waals surface area contributed by atoms with E-state index in [4.69, 9.17) is 0 Å². The van der Waals surface area contributed by atoms with Gasteiger partial charge < -0.3 is 16.9 Å². The minimum Gasteiger partial charge on any atom is -1.00 e. The van der Waals surface area contributed by atoms with Gasteiger partial charge in [0.1, 0.15) is 6.54 Å². The number of nitrogens with zero attached hydrogens (tertiary/aromatic N) is 1. The quantitative estimate of drug-likeness (QED) is 0.287. The molecule has 0 aliphatic carbocycles. The molecule has 1 aromatic carbocycles.